The first-order valence-corrected chi connectivity index (χ1v) is 8.21. The fourth-order valence-corrected chi connectivity index (χ4v) is 3.36. The zero-order valence-electron chi connectivity index (χ0n) is 15.0. The van der Waals surface area contributed by atoms with E-state index in [0.717, 1.165) is 44.5 Å². The summed E-state index contributed by atoms with van der Waals surface area (Å²) in [4.78, 5) is 11.7. The minimum absolute atomic E-state index is 0.362. The number of fused-ring (bicyclic) bond motifs is 2. The molecule has 0 aliphatic rings. The minimum Gasteiger partial charge on any atom is -0.497 e. The highest BCUT2D eigenvalue weighted by Crippen LogP contribution is 2.41. The molecule has 26 heavy (non-hydrogen) atoms. The van der Waals surface area contributed by atoms with Crippen molar-refractivity contribution in [1.82, 2.24) is 0 Å². The first kappa shape index (κ1) is 16.3. The van der Waals surface area contributed by atoms with E-state index in [1.54, 1.807) is 20.5 Å². The van der Waals surface area contributed by atoms with Gasteiger partial charge in [0.15, 0.2) is 0 Å². The van der Waals surface area contributed by atoms with Crippen molar-refractivity contribution in [3.63, 3.8) is 0 Å². The molecule has 0 spiro atoms. The lowest BCUT2D eigenvalue weighted by Crippen LogP contribution is -1.99. The van der Waals surface area contributed by atoms with E-state index < -0.39 is 0 Å². The summed E-state index contributed by atoms with van der Waals surface area (Å²) in [7, 11) is 3.26. The van der Waals surface area contributed by atoms with Crippen LogP contribution in [0.25, 0.3) is 33.1 Å². The van der Waals surface area contributed by atoms with Crippen molar-refractivity contribution in [2.24, 2.45) is 0 Å². The van der Waals surface area contributed by atoms with Gasteiger partial charge < -0.3 is 18.3 Å². The van der Waals surface area contributed by atoms with E-state index >= 15 is 0 Å². The maximum atomic E-state index is 11.7. The lowest BCUT2D eigenvalue weighted by molar-refractivity contribution is 0.404. The molecule has 0 saturated carbocycles. The molecule has 5 heteroatoms. The number of aryl methyl sites for hydroxylation is 2. The monoisotopic (exact) mass is 350 g/mol. The maximum Gasteiger partial charge on any atom is 0.336 e. The summed E-state index contributed by atoms with van der Waals surface area (Å²) >= 11 is 0. The molecule has 0 bridgehead atoms. The van der Waals surface area contributed by atoms with Crippen molar-refractivity contribution in [3.8, 4) is 22.6 Å². The Morgan fingerprint density at radius 3 is 2.42 bits per heavy atom. The van der Waals surface area contributed by atoms with Crippen LogP contribution >= 0.6 is 0 Å². The Morgan fingerprint density at radius 1 is 0.885 bits per heavy atom. The predicted molar refractivity (Wildman–Crippen MR) is 100 cm³/mol. The second kappa shape index (κ2) is 5.95. The van der Waals surface area contributed by atoms with Gasteiger partial charge in [-0.25, -0.2) is 4.79 Å². The van der Waals surface area contributed by atoms with Crippen LogP contribution in [0.5, 0.6) is 11.5 Å². The lowest BCUT2D eigenvalue weighted by atomic mass is 9.99. The fraction of sp³-hybridized carbons (Fsp3) is 0.190. The Kier molecular flexibility index (Phi) is 3.72. The molecule has 0 aliphatic carbocycles. The molecule has 0 N–H and O–H groups in total. The standard InChI is InChI=1S/C21H18O5/c1-11-7-19(22)26-21-12(2)20-16(9-14(11)21)17(10-25-20)15-8-13(23-3)5-6-18(15)24-4/h5-10H,1-4H3. The number of hydrogen-bond acceptors (Lipinski definition) is 5. The molecule has 2 heterocycles. The molecule has 0 fully saturated rings. The van der Waals surface area contributed by atoms with Crippen LogP contribution < -0.4 is 15.1 Å². The van der Waals surface area contributed by atoms with Crippen molar-refractivity contribution in [1.29, 1.82) is 0 Å². The number of benzene rings is 2. The Bertz CT molecular complexity index is 1200. The van der Waals surface area contributed by atoms with Crippen LogP contribution in [0, 0.1) is 13.8 Å². The van der Waals surface area contributed by atoms with Crippen LogP contribution in [0.15, 0.2) is 50.2 Å². The average molecular weight is 350 g/mol. The number of ether oxygens (including phenoxy) is 2. The molecular weight excluding hydrogens is 332 g/mol. The van der Waals surface area contributed by atoms with Gasteiger partial charge in [0.1, 0.15) is 22.7 Å². The third-order valence-corrected chi connectivity index (χ3v) is 4.70. The molecule has 5 nitrogen and oxygen atoms in total. The van der Waals surface area contributed by atoms with Crippen LogP contribution in [0.1, 0.15) is 11.1 Å². The molecular formula is C21H18O5. The van der Waals surface area contributed by atoms with E-state index in [0.29, 0.717) is 11.2 Å². The van der Waals surface area contributed by atoms with E-state index in [4.69, 9.17) is 18.3 Å². The van der Waals surface area contributed by atoms with Gasteiger partial charge in [0.2, 0.25) is 0 Å². The molecule has 4 rings (SSSR count). The van der Waals surface area contributed by atoms with Gasteiger partial charge in [-0.3, -0.25) is 0 Å². The molecule has 2 aromatic heterocycles. The van der Waals surface area contributed by atoms with Gasteiger partial charge >= 0.3 is 5.63 Å². The zero-order valence-corrected chi connectivity index (χ0v) is 15.0. The quantitative estimate of drug-likeness (QED) is 0.495. The molecule has 0 radical (unpaired) electrons. The normalized spacial score (nSPS) is 11.2. The van der Waals surface area contributed by atoms with Gasteiger partial charge in [0, 0.05) is 33.5 Å². The summed E-state index contributed by atoms with van der Waals surface area (Å²) in [6.45, 7) is 3.79. The van der Waals surface area contributed by atoms with E-state index in [2.05, 4.69) is 0 Å². The Morgan fingerprint density at radius 2 is 1.69 bits per heavy atom. The third-order valence-electron chi connectivity index (χ3n) is 4.70. The molecule has 2 aromatic carbocycles. The molecule has 0 saturated heterocycles. The van der Waals surface area contributed by atoms with Crippen LogP contribution in [-0.4, -0.2) is 14.2 Å². The maximum absolute atomic E-state index is 11.7. The Hall–Kier alpha value is -3.21. The molecule has 0 unspecified atom stereocenters. The van der Waals surface area contributed by atoms with E-state index in [1.165, 1.54) is 6.07 Å². The zero-order chi connectivity index (χ0) is 18.4. The Labute approximate surface area is 149 Å². The molecule has 0 amide bonds. The van der Waals surface area contributed by atoms with Gasteiger partial charge in [-0.1, -0.05) is 0 Å². The van der Waals surface area contributed by atoms with Crippen molar-refractivity contribution >= 4 is 21.9 Å². The highest BCUT2D eigenvalue weighted by Gasteiger charge is 2.18. The summed E-state index contributed by atoms with van der Waals surface area (Å²) in [5, 5.41) is 1.82. The van der Waals surface area contributed by atoms with Gasteiger partial charge in [-0.2, -0.15) is 0 Å². The summed E-state index contributed by atoms with van der Waals surface area (Å²) in [5.41, 5.74) is 4.31. The number of hydrogen-bond donors (Lipinski definition) is 0. The van der Waals surface area contributed by atoms with Gasteiger partial charge in [0.25, 0.3) is 0 Å². The van der Waals surface area contributed by atoms with Crippen molar-refractivity contribution in [2.75, 3.05) is 14.2 Å². The minimum atomic E-state index is -0.362. The second-order valence-electron chi connectivity index (χ2n) is 6.22. The third kappa shape index (κ3) is 2.36. The smallest absolute Gasteiger partial charge is 0.336 e. The summed E-state index contributed by atoms with van der Waals surface area (Å²) in [6.07, 6.45) is 1.70. The largest absolute Gasteiger partial charge is 0.497 e. The lowest BCUT2D eigenvalue weighted by Gasteiger charge is -2.10. The van der Waals surface area contributed by atoms with Crippen LogP contribution in [-0.2, 0) is 0 Å². The van der Waals surface area contributed by atoms with Crippen molar-refractivity contribution in [3.05, 3.63) is 58.1 Å². The van der Waals surface area contributed by atoms with Crippen molar-refractivity contribution in [2.45, 2.75) is 13.8 Å². The molecule has 0 atom stereocenters. The van der Waals surface area contributed by atoms with Crippen LogP contribution in [0.2, 0.25) is 0 Å². The van der Waals surface area contributed by atoms with E-state index in [1.807, 2.05) is 38.1 Å². The van der Waals surface area contributed by atoms with Crippen LogP contribution in [0.4, 0.5) is 0 Å². The van der Waals surface area contributed by atoms with E-state index in [-0.39, 0.29) is 5.63 Å². The first-order chi connectivity index (χ1) is 12.5. The second-order valence-corrected chi connectivity index (χ2v) is 6.22. The number of furan rings is 1. The first-order valence-electron chi connectivity index (χ1n) is 8.21. The number of rotatable bonds is 3. The molecule has 132 valence electrons. The average Bonchev–Trinajstić information content (AvgIpc) is 3.06. The van der Waals surface area contributed by atoms with E-state index in [9.17, 15) is 4.79 Å². The summed E-state index contributed by atoms with van der Waals surface area (Å²) in [5.74, 6) is 1.46. The van der Waals surface area contributed by atoms with Gasteiger partial charge in [-0.05, 0) is 43.7 Å². The molecule has 4 aromatic rings. The SMILES string of the molecule is COc1ccc(OC)c(-c2coc3c(C)c4oc(=O)cc(C)c4cc23)c1. The highest BCUT2D eigenvalue weighted by molar-refractivity contribution is 6.05. The Balaban J connectivity index is 2.09. The fourth-order valence-electron chi connectivity index (χ4n) is 3.36. The van der Waals surface area contributed by atoms with Crippen molar-refractivity contribution < 1.29 is 18.3 Å². The highest BCUT2D eigenvalue weighted by atomic mass is 16.5. The number of methoxy groups -OCH3 is 2. The molecule has 0 aliphatic heterocycles. The van der Waals surface area contributed by atoms with Crippen LogP contribution in [0.3, 0.4) is 0 Å². The van der Waals surface area contributed by atoms with Gasteiger partial charge in [0.05, 0.1) is 20.5 Å². The van der Waals surface area contributed by atoms with Gasteiger partial charge in [-0.15, -0.1) is 0 Å². The predicted octanol–water partition coefficient (Wildman–Crippen LogP) is 4.84. The summed E-state index contributed by atoms with van der Waals surface area (Å²) < 4.78 is 22.1. The topological polar surface area (TPSA) is 61.8 Å². The summed E-state index contributed by atoms with van der Waals surface area (Å²) in [6, 6.07) is 9.13.